The highest BCUT2D eigenvalue weighted by molar-refractivity contribution is 7.86. The Kier molecular flexibility index (Phi) is 4.42. The van der Waals surface area contributed by atoms with E-state index in [9.17, 15) is 9.00 Å². The third-order valence-electron chi connectivity index (χ3n) is 2.29. The molecule has 0 saturated heterocycles. The van der Waals surface area contributed by atoms with Crippen molar-refractivity contribution in [2.45, 2.75) is 31.9 Å². The van der Waals surface area contributed by atoms with Gasteiger partial charge in [-0.3, -0.25) is 9.00 Å². The van der Waals surface area contributed by atoms with Crippen LogP contribution in [0.15, 0.2) is 30.3 Å². The monoisotopic (exact) mass is 238 g/mol. The van der Waals surface area contributed by atoms with Gasteiger partial charge >= 0.3 is 0 Å². The van der Waals surface area contributed by atoms with Gasteiger partial charge in [0, 0.05) is 33.3 Å². The van der Waals surface area contributed by atoms with Crippen LogP contribution in [0.1, 0.15) is 37.6 Å². The van der Waals surface area contributed by atoms with E-state index in [1.807, 2.05) is 39.0 Å². The molecule has 0 bridgehead atoms. The lowest BCUT2D eigenvalue weighted by atomic mass is 10.1. The van der Waals surface area contributed by atoms with Gasteiger partial charge in [0.25, 0.3) is 0 Å². The van der Waals surface area contributed by atoms with Crippen molar-refractivity contribution >= 4 is 16.6 Å². The van der Waals surface area contributed by atoms with Gasteiger partial charge in [0.2, 0.25) is 0 Å². The molecule has 0 amide bonds. The number of hydrogen-bond donors (Lipinski definition) is 0. The third kappa shape index (κ3) is 3.89. The van der Waals surface area contributed by atoms with Crippen LogP contribution in [0.2, 0.25) is 0 Å². The van der Waals surface area contributed by atoms with Gasteiger partial charge in [-0.2, -0.15) is 0 Å². The number of benzene rings is 1. The summed E-state index contributed by atoms with van der Waals surface area (Å²) in [6, 6.07) is 9.15. The van der Waals surface area contributed by atoms with Gasteiger partial charge in [-0.15, -0.1) is 0 Å². The maximum atomic E-state index is 11.8. The lowest BCUT2D eigenvalue weighted by Crippen LogP contribution is -2.25. The van der Waals surface area contributed by atoms with Crippen LogP contribution in [0.4, 0.5) is 0 Å². The van der Waals surface area contributed by atoms with Crippen molar-refractivity contribution in [2.75, 3.05) is 5.75 Å². The summed E-state index contributed by atoms with van der Waals surface area (Å²) >= 11 is 0. The van der Waals surface area contributed by atoms with Crippen LogP contribution in [0.25, 0.3) is 0 Å². The first-order chi connectivity index (χ1) is 7.41. The Labute approximate surface area is 99.5 Å². The Hall–Kier alpha value is -0.960. The number of rotatable bonds is 4. The molecule has 0 fully saturated rings. The van der Waals surface area contributed by atoms with Gasteiger partial charge in [0.1, 0.15) is 0 Å². The van der Waals surface area contributed by atoms with E-state index in [0.717, 1.165) is 0 Å². The Balaban J connectivity index is 2.52. The average molecular weight is 238 g/mol. The number of carbonyl (C=O) groups excluding carboxylic acids is 1. The van der Waals surface area contributed by atoms with E-state index >= 15 is 0 Å². The van der Waals surface area contributed by atoms with Gasteiger partial charge in [0.05, 0.1) is 0 Å². The molecule has 0 aromatic heterocycles. The molecule has 0 heterocycles. The summed E-state index contributed by atoms with van der Waals surface area (Å²) in [6.07, 6.45) is 0.355. The molecule has 3 heteroatoms. The first-order valence-electron chi connectivity index (χ1n) is 5.38. The second-order valence-electron chi connectivity index (χ2n) is 4.70. The van der Waals surface area contributed by atoms with E-state index in [1.165, 1.54) is 0 Å². The maximum absolute atomic E-state index is 11.8. The molecule has 16 heavy (non-hydrogen) atoms. The highest BCUT2D eigenvalue weighted by Gasteiger charge is 2.20. The molecule has 88 valence electrons. The molecule has 0 aliphatic rings. The number of carbonyl (C=O) groups is 1. The minimum absolute atomic E-state index is 0.0678. The summed E-state index contributed by atoms with van der Waals surface area (Å²) in [6.45, 7) is 5.78. The summed E-state index contributed by atoms with van der Waals surface area (Å²) in [5.74, 6) is 0.509. The van der Waals surface area contributed by atoms with Crippen molar-refractivity contribution in [3.05, 3.63) is 35.9 Å². The predicted octanol–water partition coefficient (Wildman–Crippen LogP) is 2.81. The van der Waals surface area contributed by atoms with E-state index in [4.69, 9.17) is 0 Å². The molecule has 0 aliphatic carbocycles. The van der Waals surface area contributed by atoms with Crippen molar-refractivity contribution < 1.29 is 9.00 Å². The van der Waals surface area contributed by atoms with E-state index in [-0.39, 0.29) is 10.5 Å². The number of ketones is 1. The van der Waals surface area contributed by atoms with Gasteiger partial charge in [0.15, 0.2) is 5.78 Å². The fraction of sp³-hybridized carbons (Fsp3) is 0.462. The van der Waals surface area contributed by atoms with Crippen LogP contribution >= 0.6 is 0 Å². The molecule has 1 aromatic rings. The van der Waals surface area contributed by atoms with Crippen LogP contribution in [-0.4, -0.2) is 20.5 Å². The smallest absolute Gasteiger partial charge is 0.163 e. The Morgan fingerprint density at radius 1 is 1.19 bits per heavy atom. The van der Waals surface area contributed by atoms with Crippen LogP contribution in [0.5, 0.6) is 0 Å². The molecule has 0 aliphatic heterocycles. The second-order valence-corrected chi connectivity index (χ2v) is 7.03. The van der Waals surface area contributed by atoms with Crippen LogP contribution in [0, 0.1) is 0 Å². The minimum Gasteiger partial charge on any atom is -0.294 e. The minimum atomic E-state index is -0.953. The van der Waals surface area contributed by atoms with Crippen LogP contribution in [-0.2, 0) is 10.8 Å². The molecule has 1 unspecified atom stereocenters. The first kappa shape index (κ1) is 13.1. The zero-order chi connectivity index (χ0) is 12.2. The fourth-order valence-corrected chi connectivity index (χ4v) is 2.24. The summed E-state index contributed by atoms with van der Waals surface area (Å²) in [7, 11) is -0.953. The highest BCUT2D eigenvalue weighted by Crippen LogP contribution is 2.13. The zero-order valence-electron chi connectivity index (χ0n) is 10.0. The topological polar surface area (TPSA) is 34.1 Å². The molecule has 1 rings (SSSR count). The van der Waals surface area contributed by atoms with Crippen molar-refractivity contribution in [3.8, 4) is 0 Å². The average Bonchev–Trinajstić information content (AvgIpc) is 2.25. The molecule has 1 aromatic carbocycles. The molecular weight excluding hydrogens is 220 g/mol. The summed E-state index contributed by atoms with van der Waals surface area (Å²) in [5.41, 5.74) is 0.702. The van der Waals surface area contributed by atoms with Crippen molar-refractivity contribution in [3.63, 3.8) is 0 Å². The molecule has 0 N–H and O–H groups in total. The van der Waals surface area contributed by atoms with Gasteiger partial charge in [-0.1, -0.05) is 30.3 Å². The van der Waals surface area contributed by atoms with Crippen molar-refractivity contribution in [1.82, 2.24) is 0 Å². The van der Waals surface area contributed by atoms with E-state index < -0.39 is 10.8 Å². The lowest BCUT2D eigenvalue weighted by Gasteiger charge is -2.17. The quantitative estimate of drug-likeness (QED) is 0.756. The zero-order valence-corrected chi connectivity index (χ0v) is 10.8. The molecule has 0 saturated carbocycles. The van der Waals surface area contributed by atoms with Gasteiger partial charge in [-0.25, -0.2) is 0 Å². The lowest BCUT2D eigenvalue weighted by molar-refractivity contribution is 0.0989. The summed E-state index contributed by atoms with van der Waals surface area (Å²) < 4.78 is 11.5. The van der Waals surface area contributed by atoms with Crippen molar-refractivity contribution in [1.29, 1.82) is 0 Å². The first-order valence-corrected chi connectivity index (χ1v) is 6.70. The Morgan fingerprint density at radius 3 is 2.25 bits per heavy atom. The maximum Gasteiger partial charge on any atom is 0.163 e. The normalized spacial score (nSPS) is 13.4. The summed E-state index contributed by atoms with van der Waals surface area (Å²) in [4.78, 5) is 11.7. The highest BCUT2D eigenvalue weighted by atomic mass is 32.2. The van der Waals surface area contributed by atoms with Crippen LogP contribution in [0.3, 0.4) is 0 Å². The van der Waals surface area contributed by atoms with E-state index in [2.05, 4.69) is 0 Å². The fourth-order valence-electron chi connectivity index (χ4n) is 1.26. The number of hydrogen-bond acceptors (Lipinski definition) is 2. The van der Waals surface area contributed by atoms with E-state index in [0.29, 0.717) is 17.7 Å². The van der Waals surface area contributed by atoms with Gasteiger partial charge in [-0.05, 0) is 20.8 Å². The van der Waals surface area contributed by atoms with Gasteiger partial charge < -0.3 is 0 Å². The Morgan fingerprint density at radius 2 is 1.75 bits per heavy atom. The van der Waals surface area contributed by atoms with E-state index in [1.54, 1.807) is 12.1 Å². The van der Waals surface area contributed by atoms with Crippen molar-refractivity contribution in [2.24, 2.45) is 0 Å². The molecule has 0 spiro atoms. The Bertz CT molecular complexity index is 377. The molecular formula is C13H18O2S. The number of Topliss-reactive ketones (excluding diaryl/α,β-unsaturated/α-hetero) is 1. The predicted molar refractivity (Wildman–Crippen MR) is 68.2 cm³/mol. The third-order valence-corrected chi connectivity index (χ3v) is 4.23. The standard InChI is InChI=1S/C13H18O2S/c1-13(2,3)16(15)10-9-12(14)11-7-5-4-6-8-11/h4-8H,9-10H2,1-3H3. The molecule has 1 atom stereocenters. The molecule has 2 nitrogen and oxygen atoms in total. The van der Waals surface area contributed by atoms with Crippen LogP contribution < -0.4 is 0 Å². The molecule has 0 radical (unpaired) electrons. The second kappa shape index (κ2) is 5.39. The largest absolute Gasteiger partial charge is 0.294 e. The summed E-state index contributed by atoms with van der Waals surface area (Å²) in [5, 5.41) is 0. The SMILES string of the molecule is CC(C)(C)S(=O)CCC(=O)c1ccccc1.